The van der Waals surface area contributed by atoms with Gasteiger partial charge in [0.25, 0.3) is 0 Å². The summed E-state index contributed by atoms with van der Waals surface area (Å²) in [6.07, 6.45) is 8.47. The van der Waals surface area contributed by atoms with Crippen molar-refractivity contribution in [2.45, 2.75) is 57.0 Å². The third-order valence-corrected chi connectivity index (χ3v) is 5.84. The molecule has 162 valence electrons. The molecule has 1 amide bonds. The molecular formula is C22H36IN5O. The van der Waals surface area contributed by atoms with Crippen molar-refractivity contribution in [1.82, 2.24) is 20.9 Å². The molecule has 1 saturated carbocycles. The van der Waals surface area contributed by atoms with Crippen LogP contribution in [0.3, 0.4) is 0 Å². The molecule has 6 nitrogen and oxygen atoms in total. The first-order valence-electron chi connectivity index (χ1n) is 10.8. The highest BCUT2D eigenvalue weighted by Gasteiger charge is 2.23. The first-order valence-corrected chi connectivity index (χ1v) is 10.8. The quantitative estimate of drug-likeness (QED) is 0.298. The van der Waals surface area contributed by atoms with Gasteiger partial charge in [-0.25, -0.2) is 0 Å². The van der Waals surface area contributed by atoms with E-state index in [9.17, 15) is 4.79 Å². The Kier molecular flexibility index (Phi) is 10.8. The van der Waals surface area contributed by atoms with Gasteiger partial charge in [0.1, 0.15) is 0 Å². The monoisotopic (exact) mass is 513 g/mol. The van der Waals surface area contributed by atoms with Crippen molar-refractivity contribution in [1.29, 1.82) is 0 Å². The first-order chi connectivity index (χ1) is 13.8. The van der Waals surface area contributed by atoms with E-state index in [0.29, 0.717) is 18.0 Å². The fourth-order valence-corrected chi connectivity index (χ4v) is 4.29. The summed E-state index contributed by atoms with van der Waals surface area (Å²) in [6.45, 7) is 3.30. The molecule has 0 bridgehead atoms. The lowest BCUT2D eigenvalue weighted by atomic mass is 9.95. The van der Waals surface area contributed by atoms with Crippen LogP contribution in [0.5, 0.6) is 0 Å². The molecule has 0 spiro atoms. The molecule has 0 aromatic heterocycles. The summed E-state index contributed by atoms with van der Waals surface area (Å²) >= 11 is 0. The van der Waals surface area contributed by atoms with Crippen molar-refractivity contribution < 1.29 is 4.79 Å². The van der Waals surface area contributed by atoms with Gasteiger partial charge in [-0.15, -0.1) is 24.0 Å². The Labute approximate surface area is 192 Å². The highest BCUT2D eigenvalue weighted by atomic mass is 127. The lowest BCUT2D eigenvalue weighted by molar-refractivity contribution is -0.120. The fourth-order valence-electron chi connectivity index (χ4n) is 4.29. The highest BCUT2D eigenvalue weighted by Crippen LogP contribution is 2.24. The van der Waals surface area contributed by atoms with Crippen LogP contribution in [0, 0.1) is 0 Å². The Morgan fingerprint density at radius 2 is 1.76 bits per heavy atom. The van der Waals surface area contributed by atoms with Crippen LogP contribution in [0.15, 0.2) is 35.3 Å². The van der Waals surface area contributed by atoms with Gasteiger partial charge in [0, 0.05) is 19.6 Å². The second-order valence-electron chi connectivity index (χ2n) is 7.88. The number of amides is 1. The van der Waals surface area contributed by atoms with Gasteiger partial charge in [0.2, 0.25) is 5.91 Å². The highest BCUT2D eigenvalue weighted by molar-refractivity contribution is 14.0. The van der Waals surface area contributed by atoms with Gasteiger partial charge in [0.05, 0.1) is 12.6 Å². The van der Waals surface area contributed by atoms with Crippen molar-refractivity contribution in [3.63, 3.8) is 0 Å². The number of halogens is 1. The predicted molar refractivity (Wildman–Crippen MR) is 130 cm³/mol. The summed E-state index contributed by atoms with van der Waals surface area (Å²) in [5, 5.41) is 9.73. The zero-order chi connectivity index (χ0) is 19.6. The van der Waals surface area contributed by atoms with Crippen LogP contribution in [0.2, 0.25) is 0 Å². The minimum absolute atomic E-state index is 0. The molecule has 7 heteroatoms. The molecule has 3 N–H and O–H groups in total. The summed E-state index contributed by atoms with van der Waals surface area (Å²) < 4.78 is 0. The van der Waals surface area contributed by atoms with Crippen molar-refractivity contribution in [3.05, 3.63) is 35.9 Å². The topological polar surface area (TPSA) is 68.8 Å². The number of benzene rings is 1. The Morgan fingerprint density at radius 3 is 2.41 bits per heavy atom. The molecule has 1 atom stereocenters. The van der Waals surface area contributed by atoms with Crippen LogP contribution in [-0.4, -0.2) is 56.0 Å². The van der Waals surface area contributed by atoms with E-state index < -0.39 is 0 Å². The van der Waals surface area contributed by atoms with Crippen molar-refractivity contribution >= 4 is 35.8 Å². The summed E-state index contributed by atoms with van der Waals surface area (Å²) in [5.74, 6) is 0.730. The molecule has 3 rings (SSSR count). The van der Waals surface area contributed by atoms with Gasteiger partial charge < -0.3 is 16.0 Å². The number of rotatable bonds is 7. The average molecular weight is 513 g/mol. The lowest BCUT2D eigenvalue weighted by Gasteiger charge is -2.29. The Bertz CT molecular complexity index is 627. The van der Waals surface area contributed by atoms with Gasteiger partial charge >= 0.3 is 0 Å². The number of hydrogen-bond acceptors (Lipinski definition) is 3. The molecule has 1 aliphatic carbocycles. The first kappa shape index (κ1) is 23.9. The van der Waals surface area contributed by atoms with E-state index in [0.717, 1.165) is 32.5 Å². The minimum Gasteiger partial charge on any atom is -0.354 e. The molecule has 1 aromatic carbocycles. The summed E-state index contributed by atoms with van der Waals surface area (Å²) in [6, 6.07) is 11.3. The normalized spacial score (nSPS) is 19.3. The maximum absolute atomic E-state index is 12.2. The third-order valence-electron chi connectivity index (χ3n) is 5.84. The van der Waals surface area contributed by atoms with Crippen LogP contribution >= 0.6 is 24.0 Å². The average Bonchev–Trinajstić information content (AvgIpc) is 3.26. The Hall–Kier alpha value is -1.35. The molecule has 1 saturated heterocycles. The van der Waals surface area contributed by atoms with Gasteiger partial charge in [-0.2, -0.15) is 0 Å². The van der Waals surface area contributed by atoms with E-state index in [-0.39, 0.29) is 36.4 Å². The molecule has 2 fully saturated rings. The molecule has 2 aliphatic rings. The van der Waals surface area contributed by atoms with Crippen LogP contribution in [0.1, 0.15) is 56.6 Å². The SMILES string of the molecule is CN=C(NCC(=O)NC1CCCCC1)NCC(c1ccccc1)N1CCCC1.I. The molecule has 29 heavy (non-hydrogen) atoms. The van der Waals surface area contributed by atoms with E-state index in [1.807, 2.05) is 0 Å². The molecule has 1 aliphatic heterocycles. The van der Waals surface area contributed by atoms with Gasteiger partial charge in [-0.05, 0) is 44.3 Å². The summed E-state index contributed by atoms with van der Waals surface area (Å²) in [4.78, 5) is 19.1. The van der Waals surface area contributed by atoms with Crippen molar-refractivity contribution in [2.75, 3.05) is 33.2 Å². The predicted octanol–water partition coefficient (Wildman–Crippen LogP) is 3.06. The third kappa shape index (κ3) is 7.77. The van der Waals surface area contributed by atoms with Gasteiger partial charge in [-0.1, -0.05) is 49.6 Å². The number of guanidine groups is 1. The van der Waals surface area contributed by atoms with E-state index in [1.54, 1.807) is 7.05 Å². The number of carbonyl (C=O) groups is 1. The zero-order valence-corrected chi connectivity index (χ0v) is 19.9. The van der Waals surface area contributed by atoms with Gasteiger partial charge in [0.15, 0.2) is 5.96 Å². The minimum atomic E-state index is 0. The zero-order valence-electron chi connectivity index (χ0n) is 17.5. The summed E-state index contributed by atoms with van der Waals surface area (Å²) in [7, 11) is 1.75. The maximum atomic E-state index is 12.2. The number of aliphatic imine (C=N–C) groups is 1. The Morgan fingerprint density at radius 1 is 1.07 bits per heavy atom. The molecule has 1 aromatic rings. The fraction of sp³-hybridized carbons (Fsp3) is 0.636. The maximum Gasteiger partial charge on any atom is 0.239 e. The molecule has 1 unspecified atom stereocenters. The van der Waals surface area contributed by atoms with Crippen LogP contribution < -0.4 is 16.0 Å². The number of likely N-dealkylation sites (tertiary alicyclic amines) is 1. The largest absolute Gasteiger partial charge is 0.354 e. The Balaban J connectivity index is 0.00000300. The number of nitrogens with zero attached hydrogens (tertiary/aromatic N) is 2. The molecular weight excluding hydrogens is 477 g/mol. The number of hydrogen-bond donors (Lipinski definition) is 3. The van der Waals surface area contributed by atoms with Crippen molar-refractivity contribution in [2.24, 2.45) is 4.99 Å². The molecule has 0 radical (unpaired) electrons. The van der Waals surface area contributed by atoms with Crippen LogP contribution in [-0.2, 0) is 4.79 Å². The van der Waals surface area contributed by atoms with E-state index in [2.05, 4.69) is 56.2 Å². The van der Waals surface area contributed by atoms with E-state index in [1.165, 1.54) is 37.7 Å². The number of nitrogens with one attached hydrogen (secondary N) is 3. The van der Waals surface area contributed by atoms with E-state index in [4.69, 9.17) is 0 Å². The van der Waals surface area contributed by atoms with Crippen molar-refractivity contribution in [3.8, 4) is 0 Å². The smallest absolute Gasteiger partial charge is 0.239 e. The van der Waals surface area contributed by atoms with Crippen LogP contribution in [0.4, 0.5) is 0 Å². The lowest BCUT2D eigenvalue weighted by Crippen LogP contribution is -2.47. The summed E-state index contributed by atoms with van der Waals surface area (Å²) in [5.41, 5.74) is 1.32. The second kappa shape index (κ2) is 13.1. The second-order valence-corrected chi connectivity index (χ2v) is 7.88. The van der Waals surface area contributed by atoms with E-state index >= 15 is 0 Å². The van der Waals surface area contributed by atoms with Gasteiger partial charge in [-0.3, -0.25) is 14.7 Å². The molecule has 1 heterocycles. The van der Waals surface area contributed by atoms with Crippen LogP contribution in [0.25, 0.3) is 0 Å². The number of carbonyl (C=O) groups excluding carboxylic acids is 1. The standard InChI is InChI=1S/C22H35N5O.HI/c1-23-22(25-17-21(28)26-19-12-6-3-7-13-19)24-16-20(27-14-8-9-15-27)18-10-4-2-5-11-18;/h2,4-5,10-11,19-20H,3,6-9,12-17H2,1H3,(H,26,28)(H2,23,24,25);1H.